The lowest BCUT2D eigenvalue weighted by molar-refractivity contribution is -0.389. The molecule has 11 nitrogen and oxygen atoms in total. The molecule has 0 amide bonds. The van der Waals surface area contributed by atoms with Gasteiger partial charge in [-0.05, 0) is 9.91 Å². The van der Waals surface area contributed by atoms with Crippen LogP contribution < -0.4 is 0 Å². The quantitative estimate of drug-likeness (QED) is 0.635. The van der Waals surface area contributed by atoms with E-state index in [0.29, 0.717) is 0 Å². The first kappa shape index (κ1) is 13.1. The largest absolute Gasteiger partial charge is 0.478 e. The Kier molecular flexibility index (Phi) is 3.08. The van der Waals surface area contributed by atoms with Gasteiger partial charge in [0.2, 0.25) is 6.33 Å². The van der Waals surface area contributed by atoms with E-state index in [1.165, 1.54) is 0 Å². The molecule has 2 rings (SSSR count). The van der Waals surface area contributed by atoms with Gasteiger partial charge in [-0.3, -0.25) is 14.7 Å². The van der Waals surface area contributed by atoms with Crippen molar-refractivity contribution in [1.82, 2.24) is 14.5 Å². The zero-order valence-electron chi connectivity index (χ0n) is 9.53. The fraction of sp³-hybridized carbons (Fsp3) is 0. The Morgan fingerprint density at radius 1 is 1.25 bits per heavy atom. The summed E-state index contributed by atoms with van der Waals surface area (Å²) in [6, 6.07) is 0.816. The van der Waals surface area contributed by atoms with E-state index < -0.39 is 32.9 Å². The molecule has 0 bridgehead atoms. The van der Waals surface area contributed by atoms with Gasteiger partial charge in [0.25, 0.3) is 5.69 Å². The number of carboxylic acids is 1. The Morgan fingerprint density at radius 2 is 1.95 bits per heavy atom. The molecule has 0 radical (unpaired) electrons. The molecule has 0 saturated heterocycles. The van der Waals surface area contributed by atoms with Crippen LogP contribution in [0.5, 0.6) is 0 Å². The molecule has 20 heavy (non-hydrogen) atoms. The van der Waals surface area contributed by atoms with Gasteiger partial charge in [-0.2, -0.15) is 0 Å². The number of carboxylic acid groups (broad SMARTS) is 1. The second kappa shape index (κ2) is 4.72. The zero-order valence-corrected chi connectivity index (χ0v) is 9.53. The number of imidazole rings is 1. The van der Waals surface area contributed by atoms with Crippen molar-refractivity contribution in [2.45, 2.75) is 0 Å². The number of rotatable bonds is 4. The second-order valence-corrected chi connectivity index (χ2v) is 3.52. The van der Waals surface area contributed by atoms with Gasteiger partial charge < -0.3 is 15.2 Å². The standard InChI is InChI=1S/C9H5N5O6/c15-9(16)6-1-5(13(17)18)2-10-8(6)12-3-7(11-4-12)14(19)20/h1-4H,(H,15,16). The molecule has 102 valence electrons. The van der Waals surface area contributed by atoms with Gasteiger partial charge in [-0.1, -0.05) is 0 Å². The molecule has 2 aromatic rings. The average molecular weight is 279 g/mol. The summed E-state index contributed by atoms with van der Waals surface area (Å²) in [5, 5.41) is 30.1. The minimum Gasteiger partial charge on any atom is -0.478 e. The molecule has 2 aromatic heterocycles. The summed E-state index contributed by atoms with van der Waals surface area (Å²) in [7, 11) is 0. The molecule has 0 unspecified atom stereocenters. The SMILES string of the molecule is O=C(O)c1cc([N+](=O)[O-])cnc1-n1cnc([N+](=O)[O-])c1. The molecule has 0 aliphatic carbocycles. The molecule has 0 atom stereocenters. The summed E-state index contributed by atoms with van der Waals surface area (Å²) in [6.45, 7) is 0. The molecule has 0 spiro atoms. The van der Waals surface area contributed by atoms with Gasteiger partial charge >= 0.3 is 11.8 Å². The third-order valence-electron chi connectivity index (χ3n) is 2.29. The smallest absolute Gasteiger partial charge is 0.381 e. The van der Waals surface area contributed by atoms with Crippen LogP contribution in [0, 0.1) is 20.2 Å². The molecular weight excluding hydrogens is 274 g/mol. The minimum atomic E-state index is -1.45. The Hall–Kier alpha value is -3.37. The van der Waals surface area contributed by atoms with Gasteiger partial charge in [0.15, 0.2) is 5.82 Å². The molecule has 11 heteroatoms. The second-order valence-electron chi connectivity index (χ2n) is 3.52. The van der Waals surface area contributed by atoms with Crippen LogP contribution in [-0.4, -0.2) is 35.5 Å². The maximum absolute atomic E-state index is 11.1. The normalized spacial score (nSPS) is 10.2. The lowest BCUT2D eigenvalue weighted by atomic mass is 10.2. The highest BCUT2D eigenvalue weighted by Gasteiger charge is 2.21. The molecule has 0 saturated carbocycles. The molecular formula is C9H5N5O6. The average Bonchev–Trinajstić information content (AvgIpc) is 2.87. The fourth-order valence-corrected chi connectivity index (χ4v) is 1.43. The van der Waals surface area contributed by atoms with Crippen LogP contribution in [0.2, 0.25) is 0 Å². The van der Waals surface area contributed by atoms with E-state index in [0.717, 1.165) is 29.4 Å². The van der Waals surface area contributed by atoms with Crippen LogP contribution in [0.15, 0.2) is 24.8 Å². The minimum absolute atomic E-state index is 0.205. The maximum atomic E-state index is 11.1. The lowest BCUT2D eigenvalue weighted by Crippen LogP contribution is -2.07. The van der Waals surface area contributed by atoms with Crippen LogP contribution >= 0.6 is 0 Å². The van der Waals surface area contributed by atoms with Crippen molar-refractivity contribution in [3.05, 3.63) is 50.6 Å². The first-order chi connectivity index (χ1) is 9.40. The van der Waals surface area contributed by atoms with E-state index in [9.17, 15) is 25.0 Å². The van der Waals surface area contributed by atoms with Crippen molar-refractivity contribution in [2.24, 2.45) is 0 Å². The highest BCUT2D eigenvalue weighted by molar-refractivity contribution is 5.91. The number of aromatic carboxylic acids is 1. The number of aromatic nitrogens is 3. The zero-order chi connectivity index (χ0) is 14.9. The first-order valence-corrected chi connectivity index (χ1v) is 4.96. The van der Waals surface area contributed by atoms with Crippen molar-refractivity contribution in [1.29, 1.82) is 0 Å². The molecule has 0 aliphatic rings. The van der Waals surface area contributed by atoms with E-state index >= 15 is 0 Å². The number of pyridine rings is 1. The van der Waals surface area contributed by atoms with Crippen LogP contribution in [0.3, 0.4) is 0 Å². The van der Waals surface area contributed by atoms with E-state index in [2.05, 4.69) is 9.97 Å². The summed E-state index contributed by atoms with van der Waals surface area (Å²) >= 11 is 0. The van der Waals surface area contributed by atoms with Crippen LogP contribution in [-0.2, 0) is 0 Å². The lowest BCUT2D eigenvalue weighted by Gasteiger charge is -2.03. The summed E-state index contributed by atoms with van der Waals surface area (Å²) in [4.78, 5) is 37.7. The Labute approximate surface area is 109 Å². The molecule has 0 aromatic carbocycles. The fourth-order valence-electron chi connectivity index (χ4n) is 1.43. The third-order valence-corrected chi connectivity index (χ3v) is 2.29. The van der Waals surface area contributed by atoms with Crippen molar-refractivity contribution >= 4 is 17.5 Å². The first-order valence-electron chi connectivity index (χ1n) is 4.96. The topological polar surface area (TPSA) is 154 Å². The van der Waals surface area contributed by atoms with Gasteiger partial charge in [-0.15, -0.1) is 0 Å². The van der Waals surface area contributed by atoms with Crippen LogP contribution in [0.4, 0.5) is 11.5 Å². The van der Waals surface area contributed by atoms with Crippen molar-refractivity contribution in [3.63, 3.8) is 0 Å². The van der Waals surface area contributed by atoms with Gasteiger partial charge in [0, 0.05) is 6.07 Å². The maximum Gasteiger partial charge on any atom is 0.381 e. The van der Waals surface area contributed by atoms with Crippen molar-refractivity contribution in [2.75, 3.05) is 0 Å². The predicted octanol–water partition coefficient (Wildman–Crippen LogP) is 0.782. The van der Waals surface area contributed by atoms with Gasteiger partial charge in [0.05, 0.1) is 4.92 Å². The number of carbonyl (C=O) groups is 1. The number of hydrogen-bond acceptors (Lipinski definition) is 7. The Balaban J connectivity index is 2.57. The van der Waals surface area contributed by atoms with Crippen molar-refractivity contribution < 1.29 is 19.7 Å². The molecule has 0 fully saturated rings. The van der Waals surface area contributed by atoms with E-state index in [-0.39, 0.29) is 5.82 Å². The monoisotopic (exact) mass is 279 g/mol. The Morgan fingerprint density at radius 3 is 2.45 bits per heavy atom. The number of nitro groups is 2. The van der Waals surface area contributed by atoms with Crippen LogP contribution in [0.25, 0.3) is 5.82 Å². The van der Waals surface area contributed by atoms with Gasteiger partial charge in [-0.25, -0.2) is 9.78 Å². The predicted molar refractivity (Wildman–Crippen MR) is 61.6 cm³/mol. The summed E-state index contributed by atoms with van der Waals surface area (Å²) in [5.41, 5.74) is -0.965. The molecule has 2 heterocycles. The molecule has 1 N–H and O–H groups in total. The van der Waals surface area contributed by atoms with Crippen molar-refractivity contribution in [3.8, 4) is 5.82 Å². The number of hydrogen-bond donors (Lipinski definition) is 1. The van der Waals surface area contributed by atoms with Gasteiger partial charge in [0.1, 0.15) is 18.0 Å². The highest BCUT2D eigenvalue weighted by Crippen LogP contribution is 2.20. The van der Waals surface area contributed by atoms with E-state index in [4.69, 9.17) is 5.11 Å². The van der Waals surface area contributed by atoms with Crippen LogP contribution in [0.1, 0.15) is 10.4 Å². The summed E-state index contributed by atoms with van der Waals surface area (Å²) < 4.78 is 1.01. The highest BCUT2D eigenvalue weighted by atomic mass is 16.6. The number of nitrogens with zero attached hydrogens (tertiary/aromatic N) is 5. The van der Waals surface area contributed by atoms with E-state index in [1.807, 2.05) is 0 Å². The third kappa shape index (κ3) is 2.27. The van der Waals surface area contributed by atoms with E-state index in [1.54, 1.807) is 0 Å². The summed E-state index contributed by atoms with van der Waals surface area (Å²) in [5.74, 6) is -2.15. The Bertz CT molecular complexity index is 723. The molecule has 0 aliphatic heterocycles. The summed E-state index contributed by atoms with van der Waals surface area (Å²) in [6.07, 6.45) is 2.81.